The van der Waals surface area contributed by atoms with Gasteiger partial charge in [0.05, 0.1) is 12.0 Å². The fraction of sp³-hybridized carbons (Fsp3) is 0.500. The van der Waals surface area contributed by atoms with Gasteiger partial charge in [-0.1, -0.05) is 0 Å². The SMILES string of the molecule is COC(=O)C(C)NC(=O)c1cc2c(s1)CCC2. The normalized spacial score (nSPS) is 15.2. The van der Waals surface area contributed by atoms with Gasteiger partial charge >= 0.3 is 5.97 Å². The Kier molecular flexibility index (Phi) is 3.47. The number of aryl methyl sites for hydroxylation is 2. The zero-order valence-corrected chi connectivity index (χ0v) is 10.7. The van der Waals surface area contributed by atoms with Crippen molar-refractivity contribution in [2.45, 2.75) is 32.2 Å². The van der Waals surface area contributed by atoms with Gasteiger partial charge in [-0.05, 0) is 37.8 Å². The van der Waals surface area contributed by atoms with Gasteiger partial charge in [-0.3, -0.25) is 4.79 Å². The minimum Gasteiger partial charge on any atom is -0.467 e. The second-order valence-corrected chi connectivity index (χ2v) is 5.27. The van der Waals surface area contributed by atoms with Gasteiger partial charge in [0.25, 0.3) is 5.91 Å². The molecular weight excluding hydrogens is 238 g/mol. The summed E-state index contributed by atoms with van der Waals surface area (Å²) in [5, 5.41) is 2.63. The number of ether oxygens (including phenoxy) is 1. The van der Waals surface area contributed by atoms with Gasteiger partial charge in [-0.25, -0.2) is 4.79 Å². The molecule has 0 radical (unpaired) electrons. The van der Waals surface area contributed by atoms with E-state index in [0.717, 1.165) is 12.8 Å². The summed E-state index contributed by atoms with van der Waals surface area (Å²) in [6.45, 7) is 1.62. The standard InChI is InChI=1S/C12H15NO3S/c1-7(12(15)16-2)13-11(14)10-6-8-4-3-5-9(8)17-10/h6-7H,3-5H2,1-2H3,(H,13,14). The molecule has 5 heteroatoms. The van der Waals surface area contributed by atoms with Crippen LogP contribution < -0.4 is 5.32 Å². The zero-order chi connectivity index (χ0) is 12.4. The molecule has 0 fully saturated rings. The number of hydrogen-bond donors (Lipinski definition) is 1. The van der Waals surface area contributed by atoms with Crippen molar-refractivity contribution in [2.24, 2.45) is 0 Å². The summed E-state index contributed by atoms with van der Waals surface area (Å²) in [7, 11) is 1.31. The molecule has 92 valence electrons. The molecule has 4 nitrogen and oxygen atoms in total. The fourth-order valence-corrected chi connectivity index (χ4v) is 3.10. The molecule has 0 aliphatic heterocycles. The molecule has 1 aliphatic rings. The molecule has 1 N–H and O–H groups in total. The van der Waals surface area contributed by atoms with E-state index in [1.54, 1.807) is 6.92 Å². The number of hydrogen-bond acceptors (Lipinski definition) is 4. The second kappa shape index (κ2) is 4.87. The topological polar surface area (TPSA) is 55.4 Å². The Balaban J connectivity index is 2.02. The number of thiophene rings is 1. The fourth-order valence-electron chi connectivity index (χ4n) is 1.94. The lowest BCUT2D eigenvalue weighted by atomic mass is 10.2. The first-order valence-corrected chi connectivity index (χ1v) is 6.43. The number of amides is 1. The van der Waals surface area contributed by atoms with E-state index in [4.69, 9.17) is 0 Å². The maximum atomic E-state index is 11.9. The predicted molar refractivity (Wildman–Crippen MR) is 65.3 cm³/mol. The molecule has 0 saturated heterocycles. The highest BCUT2D eigenvalue weighted by molar-refractivity contribution is 7.14. The molecule has 0 saturated carbocycles. The van der Waals surface area contributed by atoms with Gasteiger partial charge in [0.1, 0.15) is 6.04 Å². The number of fused-ring (bicyclic) bond motifs is 1. The van der Waals surface area contributed by atoms with E-state index in [1.165, 1.54) is 35.3 Å². The highest BCUT2D eigenvalue weighted by atomic mass is 32.1. The summed E-state index contributed by atoms with van der Waals surface area (Å²) in [5.74, 6) is -0.621. The van der Waals surface area contributed by atoms with Crippen molar-refractivity contribution < 1.29 is 14.3 Å². The minimum atomic E-state index is -0.607. The number of carbonyl (C=O) groups is 2. The van der Waals surface area contributed by atoms with Gasteiger partial charge in [0.2, 0.25) is 0 Å². The van der Waals surface area contributed by atoms with Crippen molar-refractivity contribution in [3.8, 4) is 0 Å². The van der Waals surface area contributed by atoms with Crippen molar-refractivity contribution in [3.63, 3.8) is 0 Å². The maximum Gasteiger partial charge on any atom is 0.328 e. The molecule has 17 heavy (non-hydrogen) atoms. The molecule has 0 aromatic carbocycles. The molecule has 1 aromatic heterocycles. The molecule has 0 spiro atoms. The van der Waals surface area contributed by atoms with Crippen LogP contribution in [0, 0.1) is 0 Å². The zero-order valence-electron chi connectivity index (χ0n) is 9.91. The van der Waals surface area contributed by atoms with Gasteiger partial charge in [-0.2, -0.15) is 0 Å². The Hall–Kier alpha value is -1.36. The maximum absolute atomic E-state index is 11.9. The Bertz CT molecular complexity index is 431. The van der Waals surface area contributed by atoms with E-state index in [-0.39, 0.29) is 5.91 Å². The third-order valence-corrected chi connectivity index (χ3v) is 4.11. The Morgan fingerprint density at radius 1 is 1.47 bits per heavy atom. The summed E-state index contributed by atoms with van der Waals surface area (Å²) >= 11 is 1.53. The van der Waals surface area contributed by atoms with Crippen LogP contribution in [0.1, 0.15) is 33.5 Å². The van der Waals surface area contributed by atoms with Crippen LogP contribution in [0.3, 0.4) is 0 Å². The summed E-state index contributed by atoms with van der Waals surface area (Å²) in [4.78, 5) is 25.0. The van der Waals surface area contributed by atoms with Gasteiger partial charge < -0.3 is 10.1 Å². The van der Waals surface area contributed by atoms with Gasteiger partial charge in [0, 0.05) is 4.88 Å². The van der Waals surface area contributed by atoms with Crippen LogP contribution in [0.25, 0.3) is 0 Å². The lowest BCUT2D eigenvalue weighted by Crippen LogP contribution is -2.38. The highest BCUT2D eigenvalue weighted by Gasteiger charge is 2.21. The first-order chi connectivity index (χ1) is 8.11. The van der Waals surface area contributed by atoms with Crippen LogP contribution in [-0.4, -0.2) is 25.0 Å². The summed E-state index contributed by atoms with van der Waals surface area (Å²) in [6.07, 6.45) is 3.31. The molecule has 1 amide bonds. The third-order valence-electron chi connectivity index (χ3n) is 2.87. The molecule has 0 bridgehead atoms. The minimum absolute atomic E-state index is 0.192. The Morgan fingerprint density at radius 3 is 2.88 bits per heavy atom. The van der Waals surface area contributed by atoms with E-state index in [9.17, 15) is 9.59 Å². The molecule has 2 rings (SSSR count). The summed E-state index contributed by atoms with van der Waals surface area (Å²) < 4.78 is 4.56. The molecule has 1 unspecified atom stereocenters. The lowest BCUT2D eigenvalue weighted by molar-refractivity contribution is -0.142. The van der Waals surface area contributed by atoms with Crippen molar-refractivity contribution in [1.82, 2.24) is 5.32 Å². The van der Waals surface area contributed by atoms with E-state index in [1.807, 2.05) is 6.07 Å². The lowest BCUT2D eigenvalue weighted by Gasteiger charge is -2.10. The van der Waals surface area contributed by atoms with Crippen molar-refractivity contribution in [1.29, 1.82) is 0 Å². The van der Waals surface area contributed by atoms with Crippen LogP contribution in [0.4, 0.5) is 0 Å². The number of rotatable bonds is 3. The van der Waals surface area contributed by atoms with Gasteiger partial charge in [-0.15, -0.1) is 11.3 Å². The van der Waals surface area contributed by atoms with Crippen molar-refractivity contribution >= 4 is 23.2 Å². The smallest absolute Gasteiger partial charge is 0.328 e. The molecule has 1 atom stereocenters. The van der Waals surface area contributed by atoms with Crippen LogP contribution in [-0.2, 0) is 22.4 Å². The van der Waals surface area contributed by atoms with E-state index >= 15 is 0 Å². The number of esters is 1. The molecule has 1 heterocycles. The van der Waals surface area contributed by atoms with E-state index in [2.05, 4.69) is 10.1 Å². The van der Waals surface area contributed by atoms with Crippen LogP contribution in [0.5, 0.6) is 0 Å². The summed E-state index contributed by atoms with van der Waals surface area (Å²) in [6, 6.07) is 1.33. The first kappa shape index (κ1) is 12.1. The predicted octanol–water partition coefficient (Wildman–Crippen LogP) is 1.53. The largest absolute Gasteiger partial charge is 0.467 e. The van der Waals surface area contributed by atoms with Crippen molar-refractivity contribution in [3.05, 3.63) is 21.4 Å². The number of methoxy groups -OCH3 is 1. The molecule has 1 aliphatic carbocycles. The number of carbonyl (C=O) groups excluding carboxylic acids is 2. The number of nitrogens with one attached hydrogen (secondary N) is 1. The monoisotopic (exact) mass is 253 g/mol. The van der Waals surface area contributed by atoms with Crippen molar-refractivity contribution in [2.75, 3.05) is 7.11 Å². The van der Waals surface area contributed by atoms with Crippen LogP contribution in [0.15, 0.2) is 6.07 Å². The first-order valence-electron chi connectivity index (χ1n) is 5.62. The van der Waals surface area contributed by atoms with Gasteiger partial charge in [0.15, 0.2) is 0 Å². The van der Waals surface area contributed by atoms with E-state index in [0.29, 0.717) is 4.88 Å². The van der Waals surface area contributed by atoms with E-state index < -0.39 is 12.0 Å². The van der Waals surface area contributed by atoms with Crippen LogP contribution in [0.2, 0.25) is 0 Å². The summed E-state index contributed by atoms with van der Waals surface area (Å²) in [5.41, 5.74) is 1.28. The average Bonchev–Trinajstić information content (AvgIpc) is 2.87. The van der Waals surface area contributed by atoms with Crippen LogP contribution >= 0.6 is 11.3 Å². The Morgan fingerprint density at radius 2 is 2.24 bits per heavy atom. The average molecular weight is 253 g/mol. The third kappa shape index (κ3) is 2.49. The quantitative estimate of drug-likeness (QED) is 0.831. The molecular formula is C12H15NO3S. The molecule has 1 aromatic rings. The Labute approximate surface area is 104 Å². The second-order valence-electron chi connectivity index (χ2n) is 4.13. The highest BCUT2D eigenvalue weighted by Crippen LogP contribution is 2.30.